The number of rotatable bonds is 4. The van der Waals surface area contributed by atoms with Gasteiger partial charge in [-0.15, -0.1) is 24.8 Å². The number of piperidine rings is 1. The van der Waals surface area contributed by atoms with Gasteiger partial charge in [0.1, 0.15) is 0 Å². The van der Waals surface area contributed by atoms with Gasteiger partial charge >= 0.3 is 0 Å². The van der Waals surface area contributed by atoms with Crippen LogP contribution in [0.25, 0.3) is 0 Å². The Hall–Kier alpha value is -1.95. The number of anilines is 3. The van der Waals surface area contributed by atoms with Crippen molar-refractivity contribution < 1.29 is 4.79 Å². The van der Waals surface area contributed by atoms with Crippen LogP contribution in [0.5, 0.6) is 0 Å². The molecule has 3 rings (SSSR count). The lowest BCUT2D eigenvalue weighted by molar-refractivity contribution is 0.102. The fraction of sp³-hybridized carbons (Fsp3) is 0.278. The van der Waals surface area contributed by atoms with Gasteiger partial charge in [-0.1, -0.05) is 12.1 Å². The molecule has 25 heavy (non-hydrogen) atoms. The first-order chi connectivity index (χ1) is 11.2. The molecule has 0 bridgehead atoms. The lowest BCUT2D eigenvalue weighted by Crippen LogP contribution is -2.35. The van der Waals surface area contributed by atoms with Crippen molar-refractivity contribution in [1.82, 2.24) is 5.32 Å². The van der Waals surface area contributed by atoms with Gasteiger partial charge < -0.3 is 21.7 Å². The summed E-state index contributed by atoms with van der Waals surface area (Å²) in [5.41, 5.74) is 8.70. The van der Waals surface area contributed by atoms with Crippen LogP contribution in [0.15, 0.2) is 48.5 Å². The molecule has 2 aromatic rings. The molecule has 7 heteroatoms. The Morgan fingerprint density at radius 2 is 1.64 bits per heavy atom. The van der Waals surface area contributed by atoms with Crippen LogP contribution < -0.4 is 21.7 Å². The number of carbonyl (C=O) groups excluding carboxylic acids is 1. The molecule has 5 nitrogen and oxygen atoms in total. The third-order valence-corrected chi connectivity index (χ3v) is 4.07. The maximum absolute atomic E-state index is 12.3. The molecule has 0 spiro atoms. The molecule has 0 aromatic heterocycles. The van der Waals surface area contributed by atoms with E-state index in [1.165, 1.54) is 0 Å². The monoisotopic (exact) mass is 382 g/mol. The predicted molar refractivity (Wildman–Crippen MR) is 109 cm³/mol. The summed E-state index contributed by atoms with van der Waals surface area (Å²) in [5, 5.41) is 9.70. The third-order valence-electron chi connectivity index (χ3n) is 4.07. The first-order valence-electron chi connectivity index (χ1n) is 7.95. The number of hydrogen-bond donors (Lipinski definition) is 4. The molecule has 1 saturated heterocycles. The molecule has 1 aliphatic rings. The highest BCUT2D eigenvalue weighted by atomic mass is 35.5. The number of para-hydroxylation sites is 2. The lowest BCUT2D eigenvalue weighted by atomic mass is 10.1. The van der Waals surface area contributed by atoms with Crippen LogP contribution in [0, 0.1) is 0 Å². The topological polar surface area (TPSA) is 79.2 Å². The number of halogens is 2. The molecule has 2 aromatic carbocycles. The summed E-state index contributed by atoms with van der Waals surface area (Å²) in [6, 6.07) is 15.3. The molecule has 0 atom stereocenters. The third kappa shape index (κ3) is 5.81. The van der Waals surface area contributed by atoms with Crippen LogP contribution in [0.3, 0.4) is 0 Å². The van der Waals surface area contributed by atoms with Gasteiger partial charge in [-0.05, 0) is 62.3 Å². The number of nitrogens with two attached hydrogens (primary N) is 1. The summed E-state index contributed by atoms with van der Waals surface area (Å²) in [6.45, 7) is 2.10. The van der Waals surface area contributed by atoms with Crippen LogP contribution in [-0.4, -0.2) is 25.0 Å². The van der Waals surface area contributed by atoms with Crippen LogP contribution in [0.4, 0.5) is 17.1 Å². The maximum atomic E-state index is 12.3. The van der Waals surface area contributed by atoms with E-state index in [1.54, 1.807) is 12.1 Å². The van der Waals surface area contributed by atoms with Gasteiger partial charge in [-0.3, -0.25) is 4.79 Å². The van der Waals surface area contributed by atoms with Gasteiger partial charge in [-0.2, -0.15) is 0 Å². The maximum Gasteiger partial charge on any atom is 0.255 e. The lowest BCUT2D eigenvalue weighted by Gasteiger charge is -2.24. The number of hydrogen-bond acceptors (Lipinski definition) is 4. The van der Waals surface area contributed by atoms with E-state index in [2.05, 4.69) is 16.0 Å². The number of amides is 1. The van der Waals surface area contributed by atoms with Crippen LogP contribution in [0.1, 0.15) is 23.2 Å². The first-order valence-corrected chi connectivity index (χ1v) is 7.95. The van der Waals surface area contributed by atoms with Crippen molar-refractivity contribution in [3.05, 3.63) is 54.1 Å². The Kier molecular flexibility index (Phi) is 8.55. The Morgan fingerprint density at radius 3 is 2.28 bits per heavy atom. The van der Waals surface area contributed by atoms with E-state index in [0.29, 0.717) is 23.0 Å². The molecule has 0 saturated carbocycles. The summed E-state index contributed by atoms with van der Waals surface area (Å²) in [6.07, 6.45) is 2.24. The summed E-state index contributed by atoms with van der Waals surface area (Å²) >= 11 is 0. The summed E-state index contributed by atoms with van der Waals surface area (Å²) in [7, 11) is 0. The molecule has 0 aliphatic carbocycles. The average molecular weight is 383 g/mol. The van der Waals surface area contributed by atoms with Gasteiger partial charge in [0.25, 0.3) is 5.91 Å². The Bertz CT molecular complexity index is 673. The first kappa shape index (κ1) is 21.1. The van der Waals surface area contributed by atoms with Gasteiger partial charge in [-0.25, -0.2) is 0 Å². The van der Waals surface area contributed by atoms with Crippen molar-refractivity contribution in [3.8, 4) is 0 Å². The number of benzene rings is 2. The van der Waals surface area contributed by atoms with Crippen LogP contribution >= 0.6 is 24.8 Å². The fourth-order valence-corrected chi connectivity index (χ4v) is 2.73. The zero-order valence-electron chi connectivity index (χ0n) is 13.8. The SMILES string of the molecule is Cl.Cl.Nc1ccccc1NC(=O)c1ccc(NC2CCNCC2)cc1. The molecule has 0 unspecified atom stereocenters. The quantitative estimate of drug-likeness (QED) is 0.609. The highest BCUT2D eigenvalue weighted by molar-refractivity contribution is 6.05. The van der Waals surface area contributed by atoms with E-state index in [-0.39, 0.29) is 30.7 Å². The van der Waals surface area contributed by atoms with Crippen molar-refractivity contribution in [3.63, 3.8) is 0 Å². The fourth-order valence-electron chi connectivity index (χ4n) is 2.73. The van der Waals surface area contributed by atoms with Gasteiger partial charge in [0.05, 0.1) is 11.4 Å². The highest BCUT2D eigenvalue weighted by Crippen LogP contribution is 2.19. The smallest absolute Gasteiger partial charge is 0.255 e. The second-order valence-corrected chi connectivity index (χ2v) is 5.79. The van der Waals surface area contributed by atoms with Crippen molar-refractivity contribution in [2.75, 3.05) is 29.5 Å². The summed E-state index contributed by atoms with van der Waals surface area (Å²) < 4.78 is 0. The van der Waals surface area contributed by atoms with Crippen LogP contribution in [0.2, 0.25) is 0 Å². The molecule has 0 radical (unpaired) electrons. The average Bonchev–Trinajstić information content (AvgIpc) is 2.58. The van der Waals surface area contributed by atoms with Crippen LogP contribution in [-0.2, 0) is 0 Å². The zero-order valence-corrected chi connectivity index (χ0v) is 15.5. The Balaban J connectivity index is 0.00000156. The van der Waals surface area contributed by atoms with E-state index < -0.39 is 0 Å². The molecule has 1 amide bonds. The predicted octanol–water partition coefficient (Wildman–Crippen LogP) is 3.53. The Morgan fingerprint density at radius 1 is 1.00 bits per heavy atom. The van der Waals surface area contributed by atoms with E-state index in [4.69, 9.17) is 5.73 Å². The normalized spacial score (nSPS) is 13.9. The zero-order chi connectivity index (χ0) is 16.1. The number of nitrogens with one attached hydrogen (secondary N) is 3. The molecule has 5 N–H and O–H groups in total. The van der Waals surface area contributed by atoms with E-state index in [9.17, 15) is 4.79 Å². The molecule has 1 heterocycles. The van der Waals surface area contributed by atoms with E-state index >= 15 is 0 Å². The summed E-state index contributed by atoms with van der Waals surface area (Å²) in [4.78, 5) is 12.3. The molecular formula is C18H24Cl2N4O. The minimum Gasteiger partial charge on any atom is -0.397 e. The van der Waals surface area contributed by atoms with Gasteiger partial charge in [0.2, 0.25) is 0 Å². The minimum absolute atomic E-state index is 0. The highest BCUT2D eigenvalue weighted by Gasteiger charge is 2.13. The molecular weight excluding hydrogens is 359 g/mol. The number of nitrogen functional groups attached to an aromatic ring is 1. The largest absolute Gasteiger partial charge is 0.397 e. The summed E-state index contributed by atoms with van der Waals surface area (Å²) in [5.74, 6) is -0.156. The van der Waals surface area contributed by atoms with Crippen molar-refractivity contribution in [2.45, 2.75) is 18.9 Å². The van der Waals surface area contributed by atoms with Gasteiger partial charge in [0, 0.05) is 17.3 Å². The van der Waals surface area contributed by atoms with Crippen molar-refractivity contribution in [1.29, 1.82) is 0 Å². The van der Waals surface area contributed by atoms with E-state index in [1.807, 2.05) is 36.4 Å². The van der Waals surface area contributed by atoms with E-state index in [0.717, 1.165) is 31.6 Å². The van der Waals surface area contributed by atoms with Crippen molar-refractivity contribution >= 4 is 47.8 Å². The molecule has 1 aliphatic heterocycles. The Labute approximate surface area is 160 Å². The number of carbonyl (C=O) groups is 1. The molecule has 1 fully saturated rings. The minimum atomic E-state index is -0.156. The second-order valence-electron chi connectivity index (χ2n) is 5.79. The standard InChI is InChI=1S/C18H22N4O.2ClH/c19-16-3-1-2-4-17(16)22-18(23)13-5-7-14(8-6-13)21-15-9-11-20-12-10-15;;/h1-8,15,20-21H,9-12,19H2,(H,22,23);2*1H. The molecule has 136 valence electrons. The van der Waals surface area contributed by atoms with Crippen molar-refractivity contribution in [2.24, 2.45) is 0 Å². The second kappa shape index (κ2) is 10.1. The van der Waals surface area contributed by atoms with Gasteiger partial charge in [0.15, 0.2) is 0 Å².